The molecule has 0 unspecified atom stereocenters. The van der Waals surface area contributed by atoms with Gasteiger partial charge in [-0.3, -0.25) is 0 Å². The molecule has 0 saturated carbocycles. The zero-order valence-electron chi connectivity index (χ0n) is 4.23. The van der Waals surface area contributed by atoms with Gasteiger partial charge in [0.05, 0.1) is 0 Å². The zero-order chi connectivity index (χ0) is 5.70. The fourth-order valence-corrected chi connectivity index (χ4v) is 1.06. The lowest BCUT2D eigenvalue weighted by molar-refractivity contribution is 0.670. The first kappa shape index (κ1) is 7.65. The maximum absolute atomic E-state index is 5.45. The monoisotopic (exact) mass is 214 g/mol. The summed E-state index contributed by atoms with van der Waals surface area (Å²) >= 11 is 2.29. The Kier molecular flexibility index (Phi) is 5.25. The molecular weight excluding hydrogens is 203 g/mol. The van der Waals surface area contributed by atoms with Gasteiger partial charge in [-0.25, -0.2) is 0 Å². The fourth-order valence-electron chi connectivity index (χ4n) is 0.258. The summed E-state index contributed by atoms with van der Waals surface area (Å²) in [5.74, 6) is 0. The molecule has 0 aromatic heterocycles. The number of halogens is 1. The second-order valence-electron chi connectivity index (χ2n) is 1.47. The summed E-state index contributed by atoms with van der Waals surface area (Å²) in [5, 5.41) is 0. The van der Waals surface area contributed by atoms with Gasteiger partial charge in [0.2, 0.25) is 0 Å². The van der Waals surface area contributed by atoms with Gasteiger partial charge >= 0.3 is 0 Å². The van der Waals surface area contributed by atoms with Crippen LogP contribution in [-0.2, 0) is 0 Å². The van der Waals surface area contributed by atoms with Crippen molar-refractivity contribution in [2.45, 2.75) is 12.5 Å². The molecule has 0 heterocycles. The van der Waals surface area contributed by atoms with Gasteiger partial charge in [-0.05, 0) is 6.42 Å². The molecule has 0 aliphatic heterocycles. The summed E-state index contributed by atoms with van der Waals surface area (Å²) in [7, 11) is 0. The van der Waals surface area contributed by atoms with E-state index in [-0.39, 0.29) is 6.04 Å². The molecule has 0 rings (SSSR count). The Morgan fingerprint density at radius 3 is 2.29 bits per heavy atom. The molecule has 1 atom stereocenters. The van der Waals surface area contributed by atoms with Crippen LogP contribution in [0.2, 0.25) is 0 Å². The van der Waals surface area contributed by atoms with E-state index < -0.39 is 0 Å². The lowest BCUT2D eigenvalue weighted by Crippen LogP contribution is -2.29. The fraction of sp³-hybridized carbons (Fsp3) is 1.00. The van der Waals surface area contributed by atoms with E-state index in [4.69, 9.17) is 11.5 Å². The molecule has 2 nitrogen and oxygen atoms in total. The Balaban J connectivity index is 2.83. The summed E-state index contributed by atoms with van der Waals surface area (Å²) in [6.07, 6.45) is 1.04. The molecule has 0 aliphatic rings. The van der Waals surface area contributed by atoms with Crippen LogP contribution in [-0.4, -0.2) is 17.0 Å². The van der Waals surface area contributed by atoms with Crippen molar-refractivity contribution >= 4 is 22.6 Å². The summed E-state index contributed by atoms with van der Waals surface area (Å²) in [4.78, 5) is 0. The average Bonchev–Trinajstić information content (AvgIpc) is 1.68. The van der Waals surface area contributed by atoms with E-state index in [9.17, 15) is 0 Å². The molecule has 0 amide bonds. The third-order valence-electron chi connectivity index (χ3n) is 0.783. The van der Waals surface area contributed by atoms with E-state index >= 15 is 0 Å². The van der Waals surface area contributed by atoms with Crippen LogP contribution in [0.25, 0.3) is 0 Å². The van der Waals surface area contributed by atoms with Gasteiger partial charge < -0.3 is 11.5 Å². The Hall–Kier alpha value is 0.650. The number of rotatable bonds is 3. The number of hydrogen-bond acceptors (Lipinski definition) is 2. The van der Waals surface area contributed by atoms with Crippen molar-refractivity contribution in [1.29, 1.82) is 0 Å². The highest BCUT2D eigenvalue weighted by Crippen LogP contribution is 1.90. The molecule has 0 aromatic carbocycles. The summed E-state index contributed by atoms with van der Waals surface area (Å²) < 4.78 is 1.11. The van der Waals surface area contributed by atoms with Gasteiger partial charge in [-0.15, -0.1) is 0 Å². The minimum absolute atomic E-state index is 0.219. The molecule has 0 radical (unpaired) electrons. The molecule has 3 heteroatoms. The van der Waals surface area contributed by atoms with Crippen molar-refractivity contribution < 1.29 is 0 Å². The molecule has 7 heavy (non-hydrogen) atoms. The number of hydrogen-bond donors (Lipinski definition) is 2. The molecule has 0 aromatic rings. The first-order chi connectivity index (χ1) is 3.31. The SMILES string of the molecule is NC[C@H](N)CCI. The van der Waals surface area contributed by atoms with Gasteiger partial charge in [-0.1, -0.05) is 22.6 Å². The van der Waals surface area contributed by atoms with E-state index in [2.05, 4.69) is 22.6 Å². The van der Waals surface area contributed by atoms with Crippen LogP contribution in [0.15, 0.2) is 0 Å². The molecule has 0 aliphatic carbocycles. The summed E-state index contributed by atoms with van der Waals surface area (Å²) in [5.41, 5.74) is 10.7. The van der Waals surface area contributed by atoms with Gasteiger partial charge in [0, 0.05) is 17.0 Å². The van der Waals surface area contributed by atoms with Crippen molar-refractivity contribution in [3.8, 4) is 0 Å². The predicted octanol–water partition coefficient (Wildman–Crippen LogP) is 0.0975. The van der Waals surface area contributed by atoms with Crippen LogP contribution < -0.4 is 11.5 Å². The van der Waals surface area contributed by atoms with Crippen molar-refractivity contribution in [1.82, 2.24) is 0 Å². The minimum atomic E-state index is 0.219. The Bertz CT molecular complexity index is 40.7. The average molecular weight is 214 g/mol. The minimum Gasteiger partial charge on any atom is -0.329 e. The molecule has 0 bridgehead atoms. The van der Waals surface area contributed by atoms with Gasteiger partial charge in [-0.2, -0.15) is 0 Å². The second kappa shape index (κ2) is 4.80. The Morgan fingerprint density at radius 1 is 1.57 bits per heavy atom. The van der Waals surface area contributed by atoms with Crippen LogP contribution in [0.5, 0.6) is 0 Å². The third kappa shape index (κ3) is 4.50. The van der Waals surface area contributed by atoms with Crippen LogP contribution in [0.3, 0.4) is 0 Å². The summed E-state index contributed by atoms with van der Waals surface area (Å²) in [6.45, 7) is 0.614. The van der Waals surface area contributed by atoms with Crippen LogP contribution >= 0.6 is 22.6 Å². The van der Waals surface area contributed by atoms with E-state index in [1.54, 1.807) is 0 Å². The van der Waals surface area contributed by atoms with Crippen molar-refractivity contribution in [3.63, 3.8) is 0 Å². The van der Waals surface area contributed by atoms with E-state index in [1.165, 1.54) is 0 Å². The predicted molar refractivity (Wildman–Crippen MR) is 40.5 cm³/mol. The highest BCUT2D eigenvalue weighted by atomic mass is 127. The Morgan fingerprint density at radius 2 is 2.14 bits per heavy atom. The largest absolute Gasteiger partial charge is 0.329 e. The first-order valence-corrected chi connectivity index (χ1v) is 3.85. The van der Waals surface area contributed by atoms with Gasteiger partial charge in [0.1, 0.15) is 0 Å². The quantitative estimate of drug-likeness (QED) is 0.517. The Labute approximate surface area is 57.8 Å². The molecular formula is C4H11IN2. The van der Waals surface area contributed by atoms with Crippen LogP contribution in [0.1, 0.15) is 6.42 Å². The highest BCUT2D eigenvalue weighted by Gasteiger charge is 1.93. The van der Waals surface area contributed by atoms with Gasteiger partial charge in [0.25, 0.3) is 0 Å². The standard InChI is InChI=1S/C4H11IN2/c5-2-1-4(7)3-6/h4H,1-3,6-7H2/t4-/m1/s1. The second-order valence-corrected chi connectivity index (χ2v) is 2.55. The highest BCUT2D eigenvalue weighted by molar-refractivity contribution is 14.1. The zero-order valence-corrected chi connectivity index (χ0v) is 6.39. The maximum atomic E-state index is 5.45. The topological polar surface area (TPSA) is 52.0 Å². The lowest BCUT2D eigenvalue weighted by atomic mass is 10.2. The molecule has 44 valence electrons. The lowest BCUT2D eigenvalue weighted by Gasteiger charge is -2.02. The molecule has 0 spiro atoms. The molecule has 4 N–H and O–H groups in total. The molecule has 0 fully saturated rings. The smallest absolute Gasteiger partial charge is 0.0170 e. The third-order valence-corrected chi connectivity index (χ3v) is 1.41. The molecule has 0 saturated heterocycles. The van der Waals surface area contributed by atoms with Crippen LogP contribution in [0, 0.1) is 0 Å². The van der Waals surface area contributed by atoms with E-state index in [1.807, 2.05) is 0 Å². The maximum Gasteiger partial charge on any atom is 0.0170 e. The van der Waals surface area contributed by atoms with Gasteiger partial charge in [0.15, 0.2) is 0 Å². The van der Waals surface area contributed by atoms with Crippen molar-refractivity contribution in [2.24, 2.45) is 11.5 Å². The number of alkyl halides is 1. The normalized spacial score (nSPS) is 14.1. The van der Waals surface area contributed by atoms with E-state index in [0.29, 0.717) is 6.54 Å². The van der Waals surface area contributed by atoms with Crippen molar-refractivity contribution in [3.05, 3.63) is 0 Å². The number of nitrogens with two attached hydrogens (primary N) is 2. The summed E-state index contributed by atoms with van der Waals surface area (Å²) in [6, 6.07) is 0.219. The first-order valence-electron chi connectivity index (χ1n) is 2.33. The van der Waals surface area contributed by atoms with Crippen LogP contribution in [0.4, 0.5) is 0 Å². The van der Waals surface area contributed by atoms with Crippen molar-refractivity contribution in [2.75, 3.05) is 11.0 Å². The van der Waals surface area contributed by atoms with E-state index in [0.717, 1.165) is 10.8 Å².